The summed E-state index contributed by atoms with van der Waals surface area (Å²) >= 11 is 0. The Morgan fingerprint density at radius 2 is 1.81 bits per heavy atom. The third-order valence-corrected chi connectivity index (χ3v) is 7.03. The van der Waals surface area contributed by atoms with E-state index in [0.717, 1.165) is 36.9 Å². The van der Waals surface area contributed by atoms with Crippen molar-refractivity contribution >= 4 is 28.9 Å². The average molecular weight is 488 g/mol. The zero-order valence-electron chi connectivity index (χ0n) is 20.3. The lowest BCUT2D eigenvalue weighted by Gasteiger charge is -2.33. The summed E-state index contributed by atoms with van der Waals surface area (Å²) in [6.45, 7) is -0.0704. The van der Waals surface area contributed by atoms with Gasteiger partial charge in [-0.2, -0.15) is 0 Å². The Balaban J connectivity index is 1.50. The number of hydrogen-bond acceptors (Lipinski definition) is 4. The third kappa shape index (κ3) is 4.65. The minimum Gasteiger partial charge on any atom is -0.497 e. The minimum atomic E-state index is -0.857. The van der Waals surface area contributed by atoms with Crippen LogP contribution in [0.3, 0.4) is 0 Å². The number of amides is 2. The molecule has 0 spiro atoms. The first-order valence-electron chi connectivity index (χ1n) is 12.4. The Hall–Kier alpha value is -3.87. The molecule has 1 atom stereocenters. The van der Waals surface area contributed by atoms with Crippen molar-refractivity contribution in [1.29, 1.82) is 0 Å². The van der Waals surface area contributed by atoms with Crippen LogP contribution in [0.25, 0.3) is 0 Å². The number of fused-ring (bicyclic) bond motifs is 1. The maximum atomic E-state index is 14.3. The molecule has 186 valence electrons. The molecule has 0 aromatic heterocycles. The molecule has 1 unspecified atom stereocenters. The number of benzene rings is 3. The first-order valence-corrected chi connectivity index (χ1v) is 12.4. The number of ether oxygens (including phenoxy) is 1. The van der Waals surface area contributed by atoms with Gasteiger partial charge in [0.2, 0.25) is 5.91 Å². The normalized spacial score (nSPS) is 17.6. The summed E-state index contributed by atoms with van der Waals surface area (Å²) in [4.78, 5) is 31.1. The van der Waals surface area contributed by atoms with Crippen molar-refractivity contribution in [2.24, 2.45) is 0 Å². The maximum absolute atomic E-state index is 14.3. The first-order chi connectivity index (χ1) is 17.6. The Bertz CT molecular complexity index is 1260. The van der Waals surface area contributed by atoms with Gasteiger partial charge in [-0.1, -0.05) is 49.6 Å². The number of anilines is 3. The van der Waals surface area contributed by atoms with Crippen molar-refractivity contribution in [2.75, 3.05) is 28.8 Å². The van der Waals surface area contributed by atoms with Crippen LogP contribution >= 0.6 is 0 Å². The van der Waals surface area contributed by atoms with Crippen LogP contribution in [0, 0.1) is 5.82 Å². The summed E-state index contributed by atoms with van der Waals surface area (Å²) in [5.41, 5.74) is 2.68. The van der Waals surface area contributed by atoms with E-state index < -0.39 is 11.9 Å². The van der Waals surface area contributed by atoms with Gasteiger partial charge in [-0.25, -0.2) is 4.39 Å². The fourth-order valence-corrected chi connectivity index (χ4v) is 5.35. The number of nitrogens with zero attached hydrogens (tertiary/aromatic N) is 2. The van der Waals surface area contributed by atoms with Crippen molar-refractivity contribution in [3.63, 3.8) is 0 Å². The highest BCUT2D eigenvalue weighted by molar-refractivity contribution is 6.12. The molecule has 1 heterocycles. The van der Waals surface area contributed by atoms with Crippen molar-refractivity contribution in [2.45, 2.75) is 44.2 Å². The second-order valence-electron chi connectivity index (χ2n) is 9.29. The fourth-order valence-electron chi connectivity index (χ4n) is 5.35. The van der Waals surface area contributed by atoms with Gasteiger partial charge in [-0.05, 0) is 49.2 Å². The molecule has 3 aromatic carbocycles. The van der Waals surface area contributed by atoms with Crippen LogP contribution in [0.15, 0.2) is 72.8 Å². The van der Waals surface area contributed by atoms with E-state index in [-0.39, 0.29) is 24.4 Å². The van der Waals surface area contributed by atoms with Crippen LogP contribution in [-0.2, 0) is 9.59 Å². The Morgan fingerprint density at radius 1 is 1.03 bits per heavy atom. The summed E-state index contributed by atoms with van der Waals surface area (Å²) in [5.74, 6) is -0.268. The Morgan fingerprint density at radius 3 is 2.58 bits per heavy atom. The highest BCUT2D eigenvalue weighted by Crippen LogP contribution is 2.44. The molecule has 1 fully saturated rings. The number of nitrogens with one attached hydrogen (secondary N) is 1. The van der Waals surface area contributed by atoms with Gasteiger partial charge < -0.3 is 15.0 Å². The lowest BCUT2D eigenvalue weighted by Crippen LogP contribution is -2.46. The molecular formula is C29H30FN3O3. The molecule has 2 amide bonds. The van der Waals surface area contributed by atoms with Crippen LogP contribution in [0.1, 0.15) is 43.7 Å². The van der Waals surface area contributed by atoms with E-state index >= 15 is 0 Å². The van der Waals surface area contributed by atoms with Crippen molar-refractivity contribution < 1.29 is 18.7 Å². The highest BCUT2D eigenvalue weighted by atomic mass is 19.1. The second-order valence-corrected chi connectivity index (χ2v) is 9.29. The van der Waals surface area contributed by atoms with Crippen molar-refractivity contribution in [1.82, 2.24) is 0 Å². The standard InChI is InChI=1S/C29H30FN3O3/c1-36-24-14-8-10-21(18-24)31-19-27(34)33(23-13-7-9-20(30)17-23)28-25-15-5-6-16-26(25)32(29(28)35)22-11-3-2-4-12-22/h5-10,13-18,22,28,31H,2-4,11-12,19H2,1H3. The van der Waals surface area contributed by atoms with Gasteiger partial charge in [-0.15, -0.1) is 0 Å². The van der Waals surface area contributed by atoms with Crippen LogP contribution in [0.4, 0.5) is 21.5 Å². The molecule has 1 N–H and O–H groups in total. The summed E-state index contributed by atoms with van der Waals surface area (Å²) in [6, 6.07) is 20.0. The van der Waals surface area contributed by atoms with E-state index in [1.807, 2.05) is 47.4 Å². The largest absolute Gasteiger partial charge is 0.497 e. The number of carbonyl (C=O) groups is 2. The van der Waals surface area contributed by atoms with Crippen LogP contribution in [-0.4, -0.2) is 31.5 Å². The Kier molecular flexibility index (Phi) is 6.89. The molecule has 1 saturated carbocycles. The Labute approximate surface area is 210 Å². The number of carbonyl (C=O) groups excluding carboxylic acids is 2. The zero-order valence-corrected chi connectivity index (χ0v) is 20.3. The molecular weight excluding hydrogens is 457 g/mol. The van der Waals surface area contributed by atoms with E-state index in [0.29, 0.717) is 17.1 Å². The fraction of sp³-hybridized carbons (Fsp3) is 0.310. The predicted molar refractivity (Wildman–Crippen MR) is 139 cm³/mol. The summed E-state index contributed by atoms with van der Waals surface area (Å²) < 4.78 is 19.6. The van der Waals surface area contributed by atoms with Crippen LogP contribution in [0.5, 0.6) is 5.75 Å². The van der Waals surface area contributed by atoms with Gasteiger partial charge in [-0.3, -0.25) is 14.5 Å². The molecule has 0 bridgehead atoms. The maximum Gasteiger partial charge on any atom is 0.255 e. The monoisotopic (exact) mass is 487 g/mol. The zero-order chi connectivity index (χ0) is 25.1. The smallest absolute Gasteiger partial charge is 0.255 e. The topological polar surface area (TPSA) is 61.9 Å². The molecule has 1 aliphatic heterocycles. The molecule has 36 heavy (non-hydrogen) atoms. The molecule has 6 nitrogen and oxygen atoms in total. The highest BCUT2D eigenvalue weighted by Gasteiger charge is 2.45. The van der Waals surface area contributed by atoms with Crippen molar-refractivity contribution in [3.05, 3.63) is 84.2 Å². The van der Waals surface area contributed by atoms with E-state index in [9.17, 15) is 14.0 Å². The molecule has 2 aliphatic rings. The summed E-state index contributed by atoms with van der Waals surface area (Å²) in [6.07, 6.45) is 5.22. The average Bonchev–Trinajstić information content (AvgIpc) is 3.20. The van der Waals surface area contributed by atoms with E-state index in [4.69, 9.17) is 4.74 Å². The number of para-hydroxylation sites is 1. The SMILES string of the molecule is COc1cccc(NCC(=O)N(c2cccc(F)c2)C2C(=O)N(C3CCCCC3)c3ccccc32)c1. The van der Waals surface area contributed by atoms with Gasteiger partial charge in [0.15, 0.2) is 0 Å². The van der Waals surface area contributed by atoms with E-state index in [1.165, 1.54) is 23.5 Å². The van der Waals surface area contributed by atoms with E-state index in [1.54, 1.807) is 25.3 Å². The summed E-state index contributed by atoms with van der Waals surface area (Å²) in [7, 11) is 1.58. The number of methoxy groups -OCH3 is 1. The van der Waals surface area contributed by atoms with E-state index in [2.05, 4.69) is 5.32 Å². The molecule has 0 radical (unpaired) electrons. The van der Waals surface area contributed by atoms with Crippen LogP contribution in [0.2, 0.25) is 0 Å². The predicted octanol–water partition coefficient (Wildman–Crippen LogP) is 5.70. The summed E-state index contributed by atoms with van der Waals surface area (Å²) in [5, 5.41) is 3.13. The molecule has 5 rings (SSSR count). The third-order valence-electron chi connectivity index (χ3n) is 7.03. The molecule has 3 aromatic rings. The van der Waals surface area contributed by atoms with Gasteiger partial charge in [0.25, 0.3) is 5.91 Å². The van der Waals surface area contributed by atoms with Gasteiger partial charge in [0, 0.05) is 34.7 Å². The van der Waals surface area contributed by atoms with Gasteiger partial charge in [0.1, 0.15) is 17.6 Å². The van der Waals surface area contributed by atoms with Gasteiger partial charge >= 0.3 is 0 Å². The molecule has 1 aliphatic carbocycles. The number of rotatable bonds is 7. The number of halogens is 1. The first kappa shape index (κ1) is 23.9. The molecule has 7 heteroatoms. The lowest BCUT2D eigenvalue weighted by molar-refractivity contribution is -0.124. The van der Waals surface area contributed by atoms with Gasteiger partial charge in [0.05, 0.1) is 13.7 Å². The number of hydrogen-bond donors (Lipinski definition) is 1. The lowest BCUT2D eigenvalue weighted by atomic mass is 9.94. The second kappa shape index (κ2) is 10.4. The quantitative estimate of drug-likeness (QED) is 0.464. The minimum absolute atomic E-state index is 0.0704. The van der Waals surface area contributed by atoms with Crippen molar-refractivity contribution in [3.8, 4) is 5.75 Å². The van der Waals surface area contributed by atoms with Crippen LogP contribution < -0.4 is 19.9 Å². The molecule has 0 saturated heterocycles.